The second kappa shape index (κ2) is 4.49. The third-order valence-corrected chi connectivity index (χ3v) is 2.98. The number of amides is 1. The Morgan fingerprint density at radius 2 is 2.13 bits per heavy atom. The van der Waals surface area contributed by atoms with E-state index in [0.717, 1.165) is 19.5 Å². The Bertz CT molecular complexity index is 235. The summed E-state index contributed by atoms with van der Waals surface area (Å²) >= 11 is 0. The van der Waals surface area contributed by atoms with Crippen LogP contribution in [0.4, 0.5) is 0 Å². The summed E-state index contributed by atoms with van der Waals surface area (Å²) in [7, 11) is 2.09. The first-order chi connectivity index (χ1) is 6.80. The fraction of sp³-hybridized carbons (Fsp3) is 0.909. The quantitative estimate of drug-likeness (QED) is 0.691. The summed E-state index contributed by atoms with van der Waals surface area (Å²) in [6.45, 7) is 7.16. The number of piperidine rings is 1. The lowest BCUT2D eigenvalue weighted by atomic mass is 9.93. The molecule has 1 saturated heterocycles. The standard InChI is InChI=1S/C11H22N2O2/c1-8-7-13(4)6-5-9(8)12-10(14)11(2,3)15/h8-9,15H,5-7H2,1-4H3,(H,12,14). The third-order valence-electron chi connectivity index (χ3n) is 2.98. The van der Waals surface area contributed by atoms with E-state index in [2.05, 4.69) is 24.2 Å². The summed E-state index contributed by atoms with van der Waals surface area (Å²) in [5.41, 5.74) is -1.27. The van der Waals surface area contributed by atoms with Crippen LogP contribution in [-0.2, 0) is 4.79 Å². The van der Waals surface area contributed by atoms with Crippen molar-refractivity contribution in [1.29, 1.82) is 0 Å². The molecule has 4 heteroatoms. The van der Waals surface area contributed by atoms with Gasteiger partial charge in [0.15, 0.2) is 0 Å². The summed E-state index contributed by atoms with van der Waals surface area (Å²) in [6, 6.07) is 0.195. The minimum absolute atomic E-state index is 0.195. The molecule has 1 aliphatic heterocycles. The minimum atomic E-state index is -1.27. The van der Waals surface area contributed by atoms with Crippen molar-refractivity contribution in [3.05, 3.63) is 0 Å². The zero-order valence-electron chi connectivity index (χ0n) is 10.1. The van der Waals surface area contributed by atoms with Crippen LogP contribution in [-0.4, -0.2) is 47.7 Å². The van der Waals surface area contributed by atoms with Gasteiger partial charge in [0.05, 0.1) is 0 Å². The molecule has 0 spiro atoms. The second-order valence-corrected chi connectivity index (χ2v) is 5.17. The van der Waals surface area contributed by atoms with Crippen molar-refractivity contribution in [2.75, 3.05) is 20.1 Å². The fourth-order valence-electron chi connectivity index (χ4n) is 1.91. The first kappa shape index (κ1) is 12.5. The second-order valence-electron chi connectivity index (χ2n) is 5.17. The predicted molar refractivity (Wildman–Crippen MR) is 59.5 cm³/mol. The molecule has 0 radical (unpaired) electrons. The smallest absolute Gasteiger partial charge is 0.251 e. The maximum Gasteiger partial charge on any atom is 0.251 e. The van der Waals surface area contributed by atoms with Crippen LogP contribution in [0.3, 0.4) is 0 Å². The number of carbonyl (C=O) groups excluding carboxylic acids is 1. The maximum absolute atomic E-state index is 11.6. The molecule has 0 saturated carbocycles. The van der Waals surface area contributed by atoms with Crippen LogP contribution in [0, 0.1) is 5.92 Å². The zero-order valence-corrected chi connectivity index (χ0v) is 10.1. The van der Waals surface area contributed by atoms with E-state index in [0.29, 0.717) is 5.92 Å². The van der Waals surface area contributed by atoms with E-state index in [1.165, 1.54) is 13.8 Å². The largest absolute Gasteiger partial charge is 0.381 e. The van der Waals surface area contributed by atoms with Gasteiger partial charge in [-0.3, -0.25) is 4.79 Å². The van der Waals surface area contributed by atoms with Crippen molar-refractivity contribution in [3.8, 4) is 0 Å². The summed E-state index contributed by atoms with van der Waals surface area (Å²) < 4.78 is 0. The molecule has 0 bridgehead atoms. The molecule has 0 aromatic carbocycles. The molecule has 0 aliphatic carbocycles. The van der Waals surface area contributed by atoms with Crippen molar-refractivity contribution in [2.45, 2.75) is 38.8 Å². The Morgan fingerprint density at radius 3 is 2.60 bits per heavy atom. The zero-order chi connectivity index (χ0) is 11.6. The van der Waals surface area contributed by atoms with E-state index in [9.17, 15) is 9.90 Å². The lowest BCUT2D eigenvalue weighted by Crippen LogP contribution is -2.53. The van der Waals surface area contributed by atoms with Crippen LogP contribution in [0.15, 0.2) is 0 Å². The molecule has 4 nitrogen and oxygen atoms in total. The average molecular weight is 214 g/mol. The summed E-state index contributed by atoms with van der Waals surface area (Å²) in [4.78, 5) is 13.8. The van der Waals surface area contributed by atoms with Crippen LogP contribution >= 0.6 is 0 Å². The molecule has 1 heterocycles. The van der Waals surface area contributed by atoms with E-state index in [1.807, 2.05) is 0 Å². The van der Waals surface area contributed by atoms with Gasteiger partial charge in [0.1, 0.15) is 5.60 Å². The van der Waals surface area contributed by atoms with Crippen LogP contribution in [0.5, 0.6) is 0 Å². The minimum Gasteiger partial charge on any atom is -0.381 e. The van der Waals surface area contributed by atoms with Gasteiger partial charge in [0.25, 0.3) is 5.91 Å². The lowest BCUT2D eigenvalue weighted by Gasteiger charge is -2.36. The molecule has 0 aromatic rings. The van der Waals surface area contributed by atoms with Crippen LogP contribution in [0.1, 0.15) is 27.2 Å². The van der Waals surface area contributed by atoms with Crippen molar-refractivity contribution >= 4 is 5.91 Å². The van der Waals surface area contributed by atoms with E-state index in [1.54, 1.807) is 0 Å². The van der Waals surface area contributed by atoms with Gasteiger partial charge in [-0.1, -0.05) is 6.92 Å². The molecule has 88 valence electrons. The highest BCUT2D eigenvalue weighted by Gasteiger charge is 2.30. The molecule has 1 fully saturated rings. The molecule has 2 N–H and O–H groups in total. The molecular formula is C11H22N2O2. The van der Waals surface area contributed by atoms with Crippen molar-refractivity contribution < 1.29 is 9.90 Å². The van der Waals surface area contributed by atoms with Gasteiger partial charge < -0.3 is 15.3 Å². The highest BCUT2D eigenvalue weighted by Crippen LogP contribution is 2.16. The number of nitrogens with one attached hydrogen (secondary N) is 1. The number of hydrogen-bond donors (Lipinski definition) is 2. The van der Waals surface area contributed by atoms with E-state index < -0.39 is 5.60 Å². The number of nitrogens with zero attached hydrogens (tertiary/aromatic N) is 1. The van der Waals surface area contributed by atoms with E-state index in [4.69, 9.17) is 0 Å². The number of carbonyl (C=O) groups is 1. The Balaban J connectivity index is 2.49. The molecule has 1 amide bonds. The number of hydrogen-bond acceptors (Lipinski definition) is 3. The Hall–Kier alpha value is -0.610. The first-order valence-electron chi connectivity index (χ1n) is 5.52. The van der Waals surface area contributed by atoms with Crippen molar-refractivity contribution in [1.82, 2.24) is 10.2 Å². The van der Waals surface area contributed by atoms with Gasteiger partial charge in [-0.2, -0.15) is 0 Å². The summed E-state index contributed by atoms with van der Waals surface area (Å²) in [5, 5.41) is 12.4. The molecule has 1 aliphatic rings. The fourth-order valence-corrected chi connectivity index (χ4v) is 1.91. The molecule has 1 rings (SSSR count). The van der Waals surface area contributed by atoms with Crippen molar-refractivity contribution in [2.24, 2.45) is 5.92 Å². The Morgan fingerprint density at radius 1 is 1.53 bits per heavy atom. The topological polar surface area (TPSA) is 52.6 Å². The number of likely N-dealkylation sites (tertiary alicyclic amines) is 1. The Kier molecular flexibility index (Phi) is 3.73. The molecule has 0 aromatic heterocycles. The van der Waals surface area contributed by atoms with Gasteiger partial charge in [-0.15, -0.1) is 0 Å². The first-order valence-corrected chi connectivity index (χ1v) is 5.52. The summed E-state index contributed by atoms with van der Waals surface area (Å²) in [5.74, 6) is 0.166. The predicted octanol–water partition coefficient (Wildman–Crippen LogP) is 0.214. The van der Waals surface area contributed by atoms with Gasteiger partial charge in [0.2, 0.25) is 0 Å². The number of aliphatic hydroxyl groups is 1. The molecule has 2 atom stereocenters. The normalized spacial score (nSPS) is 28.9. The van der Waals surface area contributed by atoms with E-state index >= 15 is 0 Å². The highest BCUT2D eigenvalue weighted by atomic mass is 16.3. The lowest BCUT2D eigenvalue weighted by molar-refractivity contribution is -0.137. The van der Waals surface area contributed by atoms with E-state index in [-0.39, 0.29) is 11.9 Å². The monoisotopic (exact) mass is 214 g/mol. The third kappa shape index (κ3) is 3.47. The van der Waals surface area contributed by atoms with Gasteiger partial charge >= 0.3 is 0 Å². The average Bonchev–Trinajstić information content (AvgIpc) is 2.08. The summed E-state index contributed by atoms with van der Waals surface area (Å²) in [6.07, 6.45) is 0.958. The van der Waals surface area contributed by atoms with Gasteiger partial charge in [-0.05, 0) is 39.8 Å². The SMILES string of the molecule is CC1CN(C)CCC1NC(=O)C(C)(C)O. The molecule has 2 unspecified atom stereocenters. The number of rotatable bonds is 2. The van der Waals surface area contributed by atoms with Gasteiger partial charge in [-0.25, -0.2) is 0 Å². The van der Waals surface area contributed by atoms with Gasteiger partial charge in [0, 0.05) is 12.6 Å². The maximum atomic E-state index is 11.6. The van der Waals surface area contributed by atoms with Crippen LogP contribution in [0.25, 0.3) is 0 Å². The molecular weight excluding hydrogens is 192 g/mol. The van der Waals surface area contributed by atoms with Crippen LogP contribution < -0.4 is 5.32 Å². The molecule has 15 heavy (non-hydrogen) atoms. The Labute approximate surface area is 91.6 Å². The van der Waals surface area contributed by atoms with Crippen LogP contribution in [0.2, 0.25) is 0 Å². The van der Waals surface area contributed by atoms with Crippen molar-refractivity contribution in [3.63, 3.8) is 0 Å². The highest BCUT2D eigenvalue weighted by molar-refractivity contribution is 5.84.